The van der Waals surface area contributed by atoms with Gasteiger partial charge in [-0.3, -0.25) is 14.3 Å². The molecular weight excluding hydrogens is 432 g/mol. The van der Waals surface area contributed by atoms with Crippen LogP contribution in [0.1, 0.15) is 31.7 Å². The lowest BCUT2D eigenvalue weighted by atomic mass is 9.98. The second-order valence-corrected chi connectivity index (χ2v) is 8.03. The predicted molar refractivity (Wildman–Crippen MR) is 128 cm³/mol. The Kier molecular flexibility index (Phi) is 5.62. The maximum absolute atomic E-state index is 12.7. The SMILES string of the molecule is CCCn1c(=O)[nH]c(=O)c2c1nc(CC)n2Cc1ccc(-c2ccccc2-c2nn[nH]n2)cc1. The molecule has 2 N–H and O–H groups in total. The Balaban J connectivity index is 1.54. The summed E-state index contributed by atoms with van der Waals surface area (Å²) in [6.45, 7) is 4.95. The van der Waals surface area contributed by atoms with Crippen molar-refractivity contribution in [1.82, 2.24) is 39.7 Å². The number of nitrogens with zero attached hydrogens (tertiary/aromatic N) is 6. The minimum atomic E-state index is -0.420. The molecule has 0 amide bonds. The number of rotatable bonds is 7. The van der Waals surface area contributed by atoms with Crippen molar-refractivity contribution in [3.05, 3.63) is 80.8 Å². The van der Waals surface area contributed by atoms with Crippen LogP contribution in [0, 0.1) is 0 Å². The lowest BCUT2D eigenvalue weighted by molar-refractivity contribution is 0.652. The molecule has 5 aromatic rings. The molecule has 0 unspecified atom stereocenters. The summed E-state index contributed by atoms with van der Waals surface area (Å²) in [6, 6.07) is 16.0. The summed E-state index contributed by atoms with van der Waals surface area (Å²) >= 11 is 0. The zero-order valence-electron chi connectivity index (χ0n) is 18.9. The van der Waals surface area contributed by atoms with Gasteiger partial charge in [-0.15, -0.1) is 10.2 Å². The van der Waals surface area contributed by atoms with Crippen molar-refractivity contribution in [3.8, 4) is 22.5 Å². The average Bonchev–Trinajstić information content (AvgIpc) is 3.51. The van der Waals surface area contributed by atoms with Crippen LogP contribution in [0.4, 0.5) is 0 Å². The summed E-state index contributed by atoms with van der Waals surface area (Å²) in [5.74, 6) is 1.30. The molecule has 0 radical (unpaired) electrons. The van der Waals surface area contributed by atoms with Crippen LogP contribution in [0.25, 0.3) is 33.7 Å². The van der Waals surface area contributed by atoms with E-state index in [0.29, 0.717) is 36.5 Å². The smallest absolute Gasteiger partial charge is 0.318 e. The Morgan fingerprint density at radius 3 is 2.38 bits per heavy atom. The number of imidazole rings is 1. The third kappa shape index (κ3) is 3.72. The maximum Gasteiger partial charge on any atom is 0.330 e. The molecule has 0 aliphatic heterocycles. The molecule has 10 nitrogen and oxygen atoms in total. The molecule has 0 aliphatic carbocycles. The molecule has 0 bridgehead atoms. The van der Waals surface area contributed by atoms with Crippen LogP contribution in [0.15, 0.2) is 58.1 Å². The molecular formula is C24H24N8O2. The number of H-pyrrole nitrogens is 2. The first-order chi connectivity index (χ1) is 16.6. The summed E-state index contributed by atoms with van der Waals surface area (Å²) in [5.41, 5.74) is 3.96. The van der Waals surface area contributed by atoms with E-state index in [1.54, 1.807) is 4.57 Å². The number of nitrogens with one attached hydrogen (secondary N) is 2. The number of aromatic nitrogens is 8. The first-order valence-corrected chi connectivity index (χ1v) is 11.2. The first kappa shape index (κ1) is 21.5. The van der Waals surface area contributed by atoms with Crippen molar-refractivity contribution >= 4 is 11.2 Å². The van der Waals surface area contributed by atoms with Gasteiger partial charge in [0.1, 0.15) is 5.82 Å². The highest BCUT2D eigenvalue weighted by molar-refractivity contribution is 5.80. The fraction of sp³-hybridized carbons (Fsp3) is 0.250. The molecule has 0 saturated heterocycles. The van der Waals surface area contributed by atoms with E-state index in [4.69, 9.17) is 0 Å². The first-order valence-electron chi connectivity index (χ1n) is 11.2. The van der Waals surface area contributed by atoms with Crippen molar-refractivity contribution in [1.29, 1.82) is 0 Å². The Hall–Kier alpha value is -4.34. The molecule has 3 heterocycles. The summed E-state index contributed by atoms with van der Waals surface area (Å²) < 4.78 is 3.45. The van der Waals surface area contributed by atoms with Crippen LogP contribution in [-0.4, -0.2) is 39.7 Å². The van der Waals surface area contributed by atoms with E-state index in [0.717, 1.165) is 34.5 Å². The van der Waals surface area contributed by atoms with E-state index in [-0.39, 0.29) is 0 Å². The van der Waals surface area contributed by atoms with Gasteiger partial charge in [0.05, 0.1) is 0 Å². The van der Waals surface area contributed by atoms with Gasteiger partial charge < -0.3 is 4.57 Å². The third-order valence-corrected chi connectivity index (χ3v) is 5.85. The van der Waals surface area contributed by atoms with Crippen molar-refractivity contribution < 1.29 is 0 Å². The number of benzene rings is 2. The number of hydrogen-bond donors (Lipinski definition) is 2. The molecule has 0 fully saturated rings. The van der Waals surface area contributed by atoms with E-state index in [1.807, 2.05) is 66.9 Å². The largest absolute Gasteiger partial charge is 0.330 e. The van der Waals surface area contributed by atoms with Crippen molar-refractivity contribution in [2.45, 2.75) is 39.8 Å². The molecule has 0 spiro atoms. The summed E-state index contributed by atoms with van der Waals surface area (Å²) in [7, 11) is 0. The van der Waals surface area contributed by atoms with Gasteiger partial charge in [0.15, 0.2) is 11.2 Å². The molecule has 0 aliphatic rings. The standard InChI is InChI=1S/C24H24N8O2/c1-3-13-31-22-20(23(33)26-24(31)34)32(19(4-2)25-22)14-15-9-11-16(12-10-15)17-7-5-6-8-18(17)21-27-29-30-28-21/h5-12H,3-4,13-14H2,1-2H3,(H,26,33,34)(H,27,28,29,30). The van der Waals surface area contributed by atoms with Gasteiger partial charge in [0, 0.05) is 25.1 Å². The van der Waals surface area contributed by atoms with Gasteiger partial charge in [-0.2, -0.15) is 5.21 Å². The molecule has 0 atom stereocenters. The zero-order valence-corrected chi connectivity index (χ0v) is 18.9. The minimum Gasteiger partial charge on any atom is -0.318 e. The molecule has 3 aromatic heterocycles. The summed E-state index contributed by atoms with van der Waals surface area (Å²) in [6.07, 6.45) is 1.41. The minimum absolute atomic E-state index is 0.412. The maximum atomic E-state index is 12.7. The summed E-state index contributed by atoms with van der Waals surface area (Å²) in [5, 5.41) is 14.4. The van der Waals surface area contributed by atoms with Crippen molar-refractivity contribution in [2.24, 2.45) is 0 Å². The van der Waals surface area contributed by atoms with Crippen LogP contribution in [0.5, 0.6) is 0 Å². The quantitative estimate of drug-likeness (QED) is 0.388. The predicted octanol–water partition coefficient (Wildman–Crippen LogP) is 2.75. The highest BCUT2D eigenvalue weighted by atomic mass is 16.2. The van der Waals surface area contributed by atoms with Crippen LogP contribution >= 0.6 is 0 Å². The lowest BCUT2D eigenvalue weighted by Gasteiger charge is -2.11. The van der Waals surface area contributed by atoms with Gasteiger partial charge >= 0.3 is 5.69 Å². The lowest BCUT2D eigenvalue weighted by Crippen LogP contribution is -2.31. The van der Waals surface area contributed by atoms with Gasteiger partial charge in [0.2, 0.25) is 5.82 Å². The zero-order chi connectivity index (χ0) is 23.7. The molecule has 172 valence electrons. The Morgan fingerprint density at radius 2 is 1.71 bits per heavy atom. The number of aryl methyl sites for hydroxylation is 2. The highest BCUT2D eigenvalue weighted by Gasteiger charge is 2.18. The van der Waals surface area contributed by atoms with E-state index < -0.39 is 11.2 Å². The topological polar surface area (TPSA) is 127 Å². The fourth-order valence-corrected chi connectivity index (χ4v) is 4.27. The van der Waals surface area contributed by atoms with Crippen molar-refractivity contribution in [2.75, 3.05) is 0 Å². The third-order valence-electron chi connectivity index (χ3n) is 5.85. The molecule has 0 saturated carbocycles. The van der Waals surface area contributed by atoms with Crippen LogP contribution < -0.4 is 11.2 Å². The van der Waals surface area contributed by atoms with Crippen LogP contribution in [0.3, 0.4) is 0 Å². The van der Waals surface area contributed by atoms with Crippen molar-refractivity contribution in [3.63, 3.8) is 0 Å². The Labute approximate surface area is 194 Å². The van der Waals surface area contributed by atoms with Gasteiger partial charge in [-0.05, 0) is 28.3 Å². The molecule has 34 heavy (non-hydrogen) atoms. The molecule has 5 rings (SSSR count). The van der Waals surface area contributed by atoms with Crippen LogP contribution in [-0.2, 0) is 19.5 Å². The second-order valence-electron chi connectivity index (χ2n) is 8.03. The monoisotopic (exact) mass is 456 g/mol. The number of fused-ring (bicyclic) bond motifs is 1. The highest BCUT2D eigenvalue weighted by Crippen LogP contribution is 2.30. The molecule has 10 heteroatoms. The fourth-order valence-electron chi connectivity index (χ4n) is 4.27. The normalized spacial score (nSPS) is 11.4. The van der Waals surface area contributed by atoms with Gasteiger partial charge in [0.25, 0.3) is 5.56 Å². The Morgan fingerprint density at radius 1 is 0.941 bits per heavy atom. The van der Waals surface area contributed by atoms with E-state index in [2.05, 4.69) is 30.6 Å². The number of hydrogen-bond acceptors (Lipinski definition) is 6. The van der Waals surface area contributed by atoms with E-state index in [9.17, 15) is 9.59 Å². The van der Waals surface area contributed by atoms with E-state index in [1.165, 1.54) is 0 Å². The summed E-state index contributed by atoms with van der Waals surface area (Å²) in [4.78, 5) is 32.2. The number of tetrazole rings is 1. The van der Waals surface area contributed by atoms with Gasteiger partial charge in [-0.1, -0.05) is 62.4 Å². The van der Waals surface area contributed by atoms with Crippen LogP contribution in [0.2, 0.25) is 0 Å². The van der Waals surface area contributed by atoms with E-state index >= 15 is 0 Å². The second kappa shape index (κ2) is 8.89. The Bertz CT molecular complexity index is 1560. The average molecular weight is 457 g/mol. The van der Waals surface area contributed by atoms with Gasteiger partial charge in [-0.25, -0.2) is 9.78 Å². The molecule has 2 aromatic carbocycles. The number of aromatic amines is 2.